The van der Waals surface area contributed by atoms with Crippen molar-refractivity contribution in [2.75, 3.05) is 18.1 Å². The van der Waals surface area contributed by atoms with Gasteiger partial charge in [0, 0.05) is 26.1 Å². The molecule has 24 heavy (non-hydrogen) atoms. The molecule has 0 spiro atoms. The van der Waals surface area contributed by atoms with Gasteiger partial charge in [0.25, 0.3) is 0 Å². The highest BCUT2D eigenvalue weighted by Gasteiger charge is 2.23. The maximum atomic E-state index is 6.41. The van der Waals surface area contributed by atoms with Crippen molar-refractivity contribution in [2.24, 2.45) is 7.05 Å². The molecule has 1 aliphatic rings. The number of hydrogen-bond acceptors (Lipinski definition) is 6. The summed E-state index contributed by atoms with van der Waals surface area (Å²) in [5, 5.41) is 5.74. The van der Waals surface area contributed by atoms with Crippen molar-refractivity contribution in [3.63, 3.8) is 0 Å². The lowest BCUT2D eigenvalue weighted by Gasteiger charge is -2.29. The predicted molar refractivity (Wildman–Crippen MR) is 91.5 cm³/mol. The molecule has 0 unspecified atom stereocenters. The van der Waals surface area contributed by atoms with Crippen molar-refractivity contribution in [2.45, 2.75) is 19.9 Å². The summed E-state index contributed by atoms with van der Waals surface area (Å²) in [7, 11) is 1.86. The van der Waals surface area contributed by atoms with Gasteiger partial charge in [-0.15, -0.1) is 0 Å². The van der Waals surface area contributed by atoms with Gasteiger partial charge < -0.3 is 9.64 Å². The van der Waals surface area contributed by atoms with Gasteiger partial charge in [0.15, 0.2) is 5.65 Å². The average molecular weight is 345 g/mol. The first-order chi connectivity index (χ1) is 11.7. The van der Waals surface area contributed by atoms with E-state index in [0.29, 0.717) is 24.1 Å². The maximum absolute atomic E-state index is 6.41. The number of aryl methyl sites for hydroxylation is 1. The second kappa shape index (κ2) is 5.90. The highest BCUT2D eigenvalue weighted by atomic mass is 35.5. The summed E-state index contributed by atoms with van der Waals surface area (Å²) in [6.45, 7) is 4.00. The average Bonchev–Trinajstić information content (AvgIpc) is 2.97. The van der Waals surface area contributed by atoms with E-state index in [1.807, 2.05) is 20.0 Å². The molecule has 4 rings (SSSR count). The third-order valence-corrected chi connectivity index (χ3v) is 4.52. The molecular formula is C16H17ClN6O. The van der Waals surface area contributed by atoms with E-state index in [9.17, 15) is 0 Å². The van der Waals surface area contributed by atoms with Crippen molar-refractivity contribution in [1.82, 2.24) is 24.7 Å². The summed E-state index contributed by atoms with van der Waals surface area (Å²) < 4.78 is 7.38. The number of ether oxygens (including phenoxy) is 1. The second-order valence-corrected chi connectivity index (χ2v) is 6.08. The Kier molecular flexibility index (Phi) is 3.72. The quantitative estimate of drug-likeness (QED) is 0.726. The molecule has 124 valence electrons. The van der Waals surface area contributed by atoms with Crippen molar-refractivity contribution < 1.29 is 4.74 Å². The van der Waals surface area contributed by atoms with Crippen LogP contribution in [-0.2, 0) is 20.0 Å². The van der Waals surface area contributed by atoms with Crippen molar-refractivity contribution in [3.8, 4) is 5.88 Å². The predicted octanol–water partition coefficient (Wildman–Crippen LogP) is 2.37. The molecular weight excluding hydrogens is 328 g/mol. The van der Waals surface area contributed by atoms with Gasteiger partial charge in [-0.3, -0.25) is 4.68 Å². The van der Waals surface area contributed by atoms with E-state index in [0.717, 1.165) is 41.1 Å². The first-order valence-electron chi connectivity index (χ1n) is 7.86. The lowest BCUT2D eigenvalue weighted by Crippen LogP contribution is -2.32. The zero-order valence-corrected chi connectivity index (χ0v) is 14.3. The summed E-state index contributed by atoms with van der Waals surface area (Å²) >= 11 is 6.41. The van der Waals surface area contributed by atoms with Crippen LogP contribution < -0.4 is 9.64 Å². The number of rotatable bonds is 3. The molecule has 3 aromatic rings. The fraction of sp³-hybridized carbons (Fsp3) is 0.375. The molecule has 0 aromatic carbocycles. The zero-order chi connectivity index (χ0) is 16.7. The van der Waals surface area contributed by atoms with Gasteiger partial charge in [0.05, 0.1) is 41.0 Å². The molecule has 0 amide bonds. The lowest BCUT2D eigenvalue weighted by atomic mass is 10.1. The topological polar surface area (TPSA) is 69.0 Å². The van der Waals surface area contributed by atoms with Crippen LogP contribution in [0.3, 0.4) is 0 Å². The van der Waals surface area contributed by atoms with Gasteiger partial charge in [-0.25, -0.2) is 15.0 Å². The third-order valence-electron chi connectivity index (χ3n) is 4.21. The van der Waals surface area contributed by atoms with Crippen molar-refractivity contribution >= 4 is 28.5 Å². The molecule has 0 saturated carbocycles. The van der Waals surface area contributed by atoms with Crippen LogP contribution >= 0.6 is 11.6 Å². The van der Waals surface area contributed by atoms with E-state index in [2.05, 4.69) is 20.0 Å². The van der Waals surface area contributed by atoms with Crippen LogP contribution in [-0.4, -0.2) is 37.9 Å². The molecule has 0 bridgehead atoms. The van der Waals surface area contributed by atoms with Crippen molar-refractivity contribution in [1.29, 1.82) is 0 Å². The fourth-order valence-electron chi connectivity index (χ4n) is 3.00. The second-order valence-electron chi connectivity index (χ2n) is 5.68. The molecule has 7 nitrogen and oxygen atoms in total. The molecule has 8 heteroatoms. The van der Waals surface area contributed by atoms with Gasteiger partial charge in [0.1, 0.15) is 12.1 Å². The summed E-state index contributed by atoms with van der Waals surface area (Å²) in [6, 6.07) is 1.89. The third kappa shape index (κ3) is 2.45. The molecule has 0 atom stereocenters. The van der Waals surface area contributed by atoms with Crippen molar-refractivity contribution in [3.05, 3.63) is 34.9 Å². The van der Waals surface area contributed by atoms with Gasteiger partial charge in [-0.1, -0.05) is 11.6 Å². The van der Waals surface area contributed by atoms with Crippen LogP contribution in [0.4, 0.5) is 5.82 Å². The van der Waals surface area contributed by atoms with E-state index in [-0.39, 0.29) is 0 Å². The number of halogens is 1. The Morgan fingerprint density at radius 1 is 1.33 bits per heavy atom. The molecule has 0 fully saturated rings. The molecule has 1 aliphatic heterocycles. The monoisotopic (exact) mass is 344 g/mol. The normalized spacial score (nSPS) is 14.0. The summed E-state index contributed by atoms with van der Waals surface area (Å²) in [4.78, 5) is 15.5. The van der Waals surface area contributed by atoms with Gasteiger partial charge in [0.2, 0.25) is 5.88 Å². The summed E-state index contributed by atoms with van der Waals surface area (Å²) in [5.74, 6) is 1.48. The fourth-order valence-corrected chi connectivity index (χ4v) is 3.23. The van der Waals surface area contributed by atoms with Crippen LogP contribution in [0.5, 0.6) is 5.88 Å². The Morgan fingerprint density at radius 2 is 2.21 bits per heavy atom. The minimum atomic E-state index is 0.578. The SMILES string of the molecule is CCOc1ncnc2c1CN(c1cc(Cl)c3cnn(C)c3n1)CC2. The van der Waals surface area contributed by atoms with Crippen LogP contribution in [0.2, 0.25) is 5.02 Å². The van der Waals surface area contributed by atoms with Gasteiger partial charge in [-0.05, 0) is 6.92 Å². The number of hydrogen-bond donors (Lipinski definition) is 0. The Morgan fingerprint density at radius 3 is 3.04 bits per heavy atom. The molecule has 0 saturated heterocycles. The number of anilines is 1. The lowest BCUT2D eigenvalue weighted by molar-refractivity contribution is 0.320. The van der Waals surface area contributed by atoms with Gasteiger partial charge in [-0.2, -0.15) is 5.10 Å². The number of fused-ring (bicyclic) bond motifs is 2. The smallest absolute Gasteiger partial charge is 0.221 e. The first kappa shape index (κ1) is 15.1. The minimum Gasteiger partial charge on any atom is -0.478 e. The molecule has 0 radical (unpaired) electrons. The Labute approximate surface area is 144 Å². The highest BCUT2D eigenvalue weighted by molar-refractivity contribution is 6.35. The van der Waals surface area contributed by atoms with E-state index >= 15 is 0 Å². The Hall–Kier alpha value is -2.41. The number of pyridine rings is 1. The van der Waals surface area contributed by atoms with E-state index in [1.165, 1.54) is 0 Å². The minimum absolute atomic E-state index is 0.578. The van der Waals surface area contributed by atoms with Crippen LogP contribution in [0.1, 0.15) is 18.2 Å². The molecule has 0 aliphatic carbocycles. The van der Waals surface area contributed by atoms with E-state index in [1.54, 1.807) is 17.2 Å². The van der Waals surface area contributed by atoms with Crippen LogP contribution in [0.25, 0.3) is 11.0 Å². The maximum Gasteiger partial charge on any atom is 0.221 e. The first-order valence-corrected chi connectivity index (χ1v) is 8.24. The molecule has 3 aromatic heterocycles. The van der Waals surface area contributed by atoms with E-state index < -0.39 is 0 Å². The summed E-state index contributed by atoms with van der Waals surface area (Å²) in [6.07, 6.45) is 4.12. The standard InChI is InChI=1S/C16H17ClN6O/c1-3-24-16-11-8-23(5-4-13(11)18-9-19-16)14-6-12(17)10-7-20-22(2)15(10)21-14/h6-7,9H,3-5,8H2,1-2H3. The van der Waals surface area contributed by atoms with Gasteiger partial charge >= 0.3 is 0 Å². The molecule has 4 heterocycles. The Bertz CT molecular complexity index is 909. The largest absolute Gasteiger partial charge is 0.478 e. The van der Waals surface area contributed by atoms with Crippen LogP contribution in [0.15, 0.2) is 18.6 Å². The number of aromatic nitrogens is 5. The zero-order valence-electron chi connectivity index (χ0n) is 13.5. The van der Waals surface area contributed by atoms with E-state index in [4.69, 9.17) is 21.3 Å². The Balaban J connectivity index is 1.73. The molecule has 0 N–H and O–H groups in total. The number of nitrogens with zero attached hydrogens (tertiary/aromatic N) is 6. The highest BCUT2D eigenvalue weighted by Crippen LogP contribution is 2.31. The van der Waals surface area contributed by atoms with Crippen LogP contribution in [0, 0.1) is 0 Å². The summed E-state index contributed by atoms with van der Waals surface area (Å²) in [5.41, 5.74) is 2.84.